The zero-order chi connectivity index (χ0) is 27.0. The number of alkyl halides is 3. The van der Waals surface area contributed by atoms with Crippen LogP contribution in [0.3, 0.4) is 0 Å². The van der Waals surface area contributed by atoms with Gasteiger partial charge in [0.25, 0.3) is 0 Å². The molecule has 2 aromatic heterocycles. The van der Waals surface area contributed by atoms with Gasteiger partial charge in [0, 0.05) is 44.4 Å². The average molecular weight is 535 g/mol. The molecular weight excluding hydrogens is 504 g/mol. The van der Waals surface area contributed by atoms with Crippen LogP contribution in [-0.4, -0.2) is 71.1 Å². The van der Waals surface area contributed by atoms with Gasteiger partial charge in [0.15, 0.2) is 5.65 Å². The molecule has 1 N–H and O–H groups in total. The summed E-state index contributed by atoms with van der Waals surface area (Å²) in [5, 5.41) is 7.07. The monoisotopic (exact) mass is 534 g/mol. The first-order chi connectivity index (χ1) is 18.1. The molecule has 0 saturated carbocycles. The predicted molar refractivity (Wildman–Crippen MR) is 135 cm³/mol. The molecule has 0 unspecified atom stereocenters. The Morgan fingerprint density at radius 1 is 1.16 bits per heavy atom. The molecule has 0 aliphatic carbocycles. The lowest BCUT2D eigenvalue weighted by atomic mass is 9.95. The van der Waals surface area contributed by atoms with E-state index in [2.05, 4.69) is 20.3 Å². The standard InChI is InChI=1S/C26H30F4N6O2/c1-16-10-21(27)22(32-25(37)35-5-3-4-18(14-35)13-26(28,29)30)12-20(16)19-11-23(34-6-8-38-9-7-34)24-31-17(2)33-36(24)15-19/h10-12,15,18H,3-9,13-14H2,1-2H3,(H,32,37)/t18-/m1/s1. The van der Waals surface area contributed by atoms with E-state index in [1.807, 2.05) is 19.2 Å². The second-order valence-electron chi connectivity index (χ2n) is 9.99. The number of halogens is 4. The predicted octanol–water partition coefficient (Wildman–Crippen LogP) is 5.19. The van der Waals surface area contributed by atoms with E-state index < -0.39 is 30.4 Å². The minimum absolute atomic E-state index is 0.0170. The minimum atomic E-state index is -4.29. The zero-order valence-corrected chi connectivity index (χ0v) is 21.3. The van der Waals surface area contributed by atoms with Gasteiger partial charge in [-0.15, -0.1) is 0 Å². The Balaban J connectivity index is 1.44. The molecule has 2 aliphatic rings. The smallest absolute Gasteiger partial charge is 0.378 e. The van der Waals surface area contributed by atoms with E-state index in [-0.39, 0.29) is 12.2 Å². The second kappa shape index (κ2) is 10.4. The summed E-state index contributed by atoms with van der Waals surface area (Å²) in [4.78, 5) is 21.0. The number of nitrogens with zero attached hydrogens (tertiary/aromatic N) is 5. The van der Waals surface area contributed by atoms with Gasteiger partial charge in [-0.05, 0) is 61.9 Å². The largest absolute Gasteiger partial charge is 0.389 e. The van der Waals surface area contributed by atoms with Crippen LogP contribution < -0.4 is 10.2 Å². The summed E-state index contributed by atoms with van der Waals surface area (Å²) in [6.45, 7) is 6.47. The number of benzene rings is 1. The maximum absolute atomic E-state index is 15.0. The molecule has 0 bridgehead atoms. The Morgan fingerprint density at radius 2 is 1.92 bits per heavy atom. The quantitative estimate of drug-likeness (QED) is 0.467. The maximum Gasteiger partial charge on any atom is 0.389 e. The minimum Gasteiger partial charge on any atom is -0.378 e. The molecule has 4 heterocycles. The topological polar surface area (TPSA) is 75.0 Å². The number of amides is 2. The molecule has 0 radical (unpaired) electrons. The van der Waals surface area contributed by atoms with Crippen LogP contribution in [0.2, 0.25) is 0 Å². The van der Waals surface area contributed by atoms with Crippen molar-refractivity contribution < 1.29 is 27.1 Å². The SMILES string of the molecule is Cc1nc2c(N3CCOCC3)cc(-c3cc(NC(=O)N4CCC[C@H](CC(F)(F)F)C4)c(F)cc3C)cn2n1. The molecule has 1 atom stereocenters. The highest BCUT2D eigenvalue weighted by atomic mass is 19.4. The van der Waals surface area contributed by atoms with E-state index in [9.17, 15) is 22.4 Å². The van der Waals surface area contributed by atoms with Gasteiger partial charge in [-0.25, -0.2) is 18.7 Å². The highest BCUT2D eigenvalue weighted by Crippen LogP contribution is 2.34. The van der Waals surface area contributed by atoms with Crippen molar-refractivity contribution in [3.63, 3.8) is 0 Å². The molecule has 2 amide bonds. The van der Waals surface area contributed by atoms with Gasteiger partial charge in [0.05, 0.1) is 24.6 Å². The van der Waals surface area contributed by atoms with E-state index in [1.54, 1.807) is 17.5 Å². The molecule has 0 spiro atoms. The van der Waals surface area contributed by atoms with Crippen molar-refractivity contribution in [2.75, 3.05) is 49.6 Å². The summed E-state index contributed by atoms with van der Waals surface area (Å²) in [6, 6.07) is 4.28. The van der Waals surface area contributed by atoms with Gasteiger partial charge in [0.2, 0.25) is 0 Å². The van der Waals surface area contributed by atoms with Crippen LogP contribution in [0, 0.1) is 25.6 Å². The van der Waals surface area contributed by atoms with Crippen LogP contribution in [0.1, 0.15) is 30.7 Å². The lowest BCUT2D eigenvalue weighted by Gasteiger charge is -2.33. The number of nitrogens with one attached hydrogen (secondary N) is 1. The number of ether oxygens (including phenoxy) is 1. The number of piperidine rings is 1. The lowest BCUT2D eigenvalue weighted by molar-refractivity contribution is -0.147. The molecule has 38 heavy (non-hydrogen) atoms. The molecule has 5 rings (SSSR count). The molecule has 2 fully saturated rings. The third kappa shape index (κ3) is 5.69. The first-order valence-electron chi connectivity index (χ1n) is 12.7. The molecule has 2 saturated heterocycles. The first kappa shape index (κ1) is 26.2. The molecule has 2 aliphatic heterocycles. The summed E-state index contributed by atoms with van der Waals surface area (Å²) in [5.41, 5.74) is 3.67. The van der Waals surface area contributed by atoms with E-state index in [1.165, 1.54) is 11.0 Å². The van der Waals surface area contributed by atoms with Crippen LogP contribution in [0.5, 0.6) is 0 Å². The fourth-order valence-corrected chi connectivity index (χ4v) is 5.28. The molecule has 12 heteroatoms. The van der Waals surface area contributed by atoms with Crippen molar-refractivity contribution in [1.82, 2.24) is 19.5 Å². The number of pyridine rings is 1. The number of urea groups is 1. The highest BCUT2D eigenvalue weighted by Gasteiger charge is 2.35. The Hall–Kier alpha value is -3.41. The number of aromatic nitrogens is 3. The van der Waals surface area contributed by atoms with E-state index in [0.717, 1.165) is 11.3 Å². The van der Waals surface area contributed by atoms with Gasteiger partial charge < -0.3 is 19.9 Å². The number of morpholine rings is 1. The third-order valence-corrected chi connectivity index (χ3v) is 7.06. The lowest BCUT2D eigenvalue weighted by Crippen LogP contribution is -2.43. The average Bonchev–Trinajstić information content (AvgIpc) is 3.24. The Kier molecular flexibility index (Phi) is 7.17. The van der Waals surface area contributed by atoms with Crippen LogP contribution in [0.25, 0.3) is 16.8 Å². The zero-order valence-electron chi connectivity index (χ0n) is 21.3. The number of hydrogen-bond donors (Lipinski definition) is 1. The molecule has 1 aromatic carbocycles. The van der Waals surface area contributed by atoms with Gasteiger partial charge in [-0.1, -0.05) is 0 Å². The maximum atomic E-state index is 15.0. The van der Waals surface area contributed by atoms with Gasteiger partial charge in [0.1, 0.15) is 11.6 Å². The summed E-state index contributed by atoms with van der Waals surface area (Å²) in [6.07, 6.45) is -2.53. The number of anilines is 2. The first-order valence-corrected chi connectivity index (χ1v) is 12.7. The summed E-state index contributed by atoms with van der Waals surface area (Å²) < 4.78 is 60.8. The van der Waals surface area contributed by atoms with Gasteiger partial charge in [-0.3, -0.25) is 0 Å². The van der Waals surface area contributed by atoms with Crippen molar-refractivity contribution >= 4 is 23.1 Å². The second-order valence-corrected chi connectivity index (χ2v) is 9.99. The van der Waals surface area contributed by atoms with Crippen molar-refractivity contribution in [2.24, 2.45) is 5.92 Å². The van der Waals surface area contributed by atoms with Crippen LogP contribution in [-0.2, 0) is 4.74 Å². The summed E-state index contributed by atoms with van der Waals surface area (Å²) in [5.74, 6) is -0.662. The molecule has 3 aromatic rings. The number of aryl methyl sites for hydroxylation is 2. The molecular formula is C26H30F4N6O2. The van der Waals surface area contributed by atoms with Crippen LogP contribution in [0.4, 0.5) is 33.7 Å². The normalized spacial score (nSPS) is 18.7. The van der Waals surface area contributed by atoms with E-state index >= 15 is 0 Å². The number of carbonyl (C=O) groups is 1. The Morgan fingerprint density at radius 3 is 2.66 bits per heavy atom. The van der Waals surface area contributed by atoms with E-state index in [4.69, 9.17) is 4.74 Å². The van der Waals surface area contributed by atoms with Crippen LogP contribution >= 0.6 is 0 Å². The fraction of sp³-hybridized carbons (Fsp3) is 0.500. The Bertz CT molecular complexity index is 1340. The van der Waals surface area contributed by atoms with Gasteiger partial charge >= 0.3 is 12.2 Å². The third-order valence-electron chi connectivity index (χ3n) is 7.06. The van der Waals surface area contributed by atoms with Gasteiger partial charge in [-0.2, -0.15) is 18.3 Å². The van der Waals surface area contributed by atoms with Crippen LogP contribution in [0.15, 0.2) is 24.4 Å². The fourth-order valence-electron chi connectivity index (χ4n) is 5.28. The number of fused-ring (bicyclic) bond motifs is 1. The van der Waals surface area contributed by atoms with E-state index in [0.29, 0.717) is 68.3 Å². The van der Waals surface area contributed by atoms with Crippen molar-refractivity contribution in [3.8, 4) is 11.1 Å². The number of carbonyl (C=O) groups excluding carboxylic acids is 1. The van der Waals surface area contributed by atoms with Crippen molar-refractivity contribution in [3.05, 3.63) is 41.6 Å². The number of hydrogen-bond acceptors (Lipinski definition) is 5. The number of rotatable bonds is 4. The molecule has 204 valence electrons. The summed E-state index contributed by atoms with van der Waals surface area (Å²) in [7, 11) is 0. The van der Waals surface area contributed by atoms with Crippen molar-refractivity contribution in [1.29, 1.82) is 0 Å². The summed E-state index contributed by atoms with van der Waals surface area (Å²) >= 11 is 0. The Labute approximate surface area is 217 Å². The number of likely N-dealkylation sites (tertiary alicyclic amines) is 1. The highest BCUT2D eigenvalue weighted by molar-refractivity contribution is 5.91. The van der Waals surface area contributed by atoms with Crippen molar-refractivity contribution in [2.45, 2.75) is 39.3 Å². The molecule has 8 nitrogen and oxygen atoms in total.